The molecule has 0 spiro atoms. The van der Waals surface area contributed by atoms with Gasteiger partial charge in [0.05, 0.1) is 18.2 Å². The highest BCUT2D eigenvalue weighted by Crippen LogP contribution is 2.45. The molecule has 4 heterocycles. The Morgan fingerprint density at radius 2 is 1.65 bits per heavy atom. The first-order valence-electron chi connectivity index (χ1n) is 18.3. The summed E-state index contributed by atoms with van der Waals surface area (Å²) in [4.78, 5) is 46.8. The summed E-state index contributed by atoms with van der Waals surface area (Å²) < 4.78 is 94.9. The average molecular weight is 782 g/mol. The van der Waals surface area contributed by atoms with E-state index in [1.165, 1.54) is 4.90 Å². The number of carbonyl (C=O) groups excluding carboxylic acids is 3. The van der Waals surface area contributed by atoms with Crippen molar-refractivity contribution in [1.29, 1.82) is 0 Å². The number of ether oxygens (including phenoxy) is 2. The summed E-state index contributed by atoms with van der Waals surface area (Å²) in [5, 5.41) is 1.16. The maximum atomic E-state index is 15.0. The van der Waals surface area contributed by atoms with Crippen LogP contribution in [0.2, 0.25) is 0 Å². The van der Waals surface area contributed by atoms with E-state index in [0.717, 1.165) is 48.2 Å². The molecule has 2 aromatic heterocycles. The Hall–Kier alpha value is -4.14. The maximum Gasteiger partial charge on any atom is 0.425 e. The number of esters is 1. The van der Waals surface area contributed by atoms with Crippen molar-refractivity contribution in [2.24, 2.45) is 0 Å². The minimum atomic E-state index is -4.89. The van der Waals surface area contributed by atoms with Crippen molar-refractivity contribution in [3.8, 4) is 5.75 Å². The number of hydrogen-bond acceptors (Lipinski definition) is 7. The molecule has 2 fully saturated rings. The number of unbranched alkanes of at least 4 members (excludes halogenated alkanes) is 1. The van der Waals surface area contributed by atoms with Gasteiger partial charge in [0.15, 0.2) is 0 Å². The quantitative estimate of drug-likeness (QED) is 0.0978. The third-order valence-corrected chi connectivity index (χ3v) is 11.5. The lowest BCUT2D eigenvalue weighted by molar-refractivity contribution is -0.161. The smallest absolute Gasteiger partial charge is 0.425 e. The number of likely N-dealkylation sites (tertiary alicyclic amines) is 2. The fourth-order valence-corrected chi connectivity index (χ4v) is 8.60. The molecule has 0 radical (unpaired) electrons. The highest BCUT2D eigenvalue weighted by molar-refractivity contribution is 7.10. The van der Waals surface area contributed by atoms with Crippen LogP contribution in [-0.2, 0) is 32.1 Å². The van der Waals surface area contributed by atoms with Gasteiger partial charge < -0.3 is 19.3 Å². The molecule has 54 heavy (non-hydrogen) atoms. The van der Waals surface area contributed by atoms with E-state index in [2.05, 4.69) is 4.98 Å². The number of pyridine rings is 1. The Kier molecular flexibility index (Phi) is 13.0. The number of amides is 2. The predicted octanol–water partition coefficient (Wildman–Crippen LogP) is 9.09. The summed E-state index contributed by atoms with van der Waals surface area (Å²) in [6.45, 7) is 4.37. The average Bonchev–Trinajstić information content (AvgIpc) is 3.63. The minimum absolute atomic E-state index is 0.00385. The van der Waals surface area contributed by atoms with Gasteiger partial charge in [-0.25, -0.2) is 0 Å². The molecule has 3 aromatic rings. The molecule has 1 aromatic carbocycles. The maximum absolute atomic E-state index is 15.0. The molecule has 8 nitrogen and oxygen atoms in total. The van der Waals surface area contributed by atoms with E-state index in [1.54, 1.807) is 18.7 Å². The second kappa shape index (κ2) is 17.1. The van der Waals surface area contributed by atoms with Crippen LogP contribution in [0.25, 0.3) is 0 Å². The molecule has 0 bridgehead atoms. The zero-order valence-corrected chi connectivity index (χ0v) is 31.1. The zero-order valence-electron chi connectivity index (χ0n) is 30.3. The molecule has 2 amide bonds. The van der Waals surface area contributed by atoms with Gasteiger partial charge >= 0.3 is 18.3 Å². The topological polar surface area (TPSA) is 89.0 Å². The van der Waals surface area contributed by atoms with Gasteiger partial charge in [0, 0.05) is 50.1 Å². The van der Waals surface area contributed by atoms with Crippen LogP contribution in [0.4, 0.5) is 26.3 Å². The largest absolute Gasteiger partial charge is 0.474 e. The molecule has 15 heteroatoms. The van der Waals surface area contributed by atoms with Crippen LogP contribution in [0.1, 0.15) is 105 Å². The zero-order chi connectivity index (χ0) is 39.1. The fourth-order valence-electron chi connectivity index (χ4n) is 7.92. The molecule has 0 unspecified atom stereocenters. The van der Waals surface area contributed by atoms with Crippen molar-refractivity contribution in [2.75, 3.05) is 26.2 Å². The number of hydrogen-bond donors (Lipinski definition) is 0. The molecule has 0 saturated carbocycles. The molecule has 0 N–H and O–H groups in total. The third-order valence-electron chi connectivity index (χ3n) is 10.5. The molecule has 2 aliphatic heterocycles. The second-order valence-electron chi connectivity index (χ2n) is 13.9. The molecule has 2 atom stereocenters. The van der Waals surface area contributed by atoms with Crippen LogP contribution in [0, 0.1) is 0 Å². The van der Waals surface area contributed by atoms with Crippen molar-refractivity contribution in [3.05, 3.63) is 81.8 Å². The Morgan fingerprint density at radius 1 is 0.926 bits per heavy atom. The Morgan fingerprint density at radius 3 is 2.28 bits per heavy atom. The van der Waals surface area contributed by atoms with Crippen molar-refractivity contribution < 1.29 is 50.2 Å². The van der Waals surface area contributed by atoms with Crippen LogP contribution in [0.3, 0.4) is 0 Å². The monoisotopic (exact) mass is 781 g/mol. The Bertz CT molecular complexity index is 1740. The third kappa shape index (κ3) is 9.03. The molecule has 2 saturated heterocycles. The van der Waals surface area contributed by atoms with Gasteiger partial charge in [-0.15, -0.1) is 11.3 Å². The van der Waals surface area contributed by atoms with E-state index < -0.39 is 51.9 Å². The first-order chi connectivity index (χ1) is 25.6. The molecule has 2 aliphatic rings. The Balaban J connectivity index is 1.49. The van der Waals surface area contributed by atoms with Gasteiger partial charge in [0.2, 0.25) is 5.60 Å². The number of carbonyl (C=O) groups is 3. The van der Waals surface area contributed by atoms with E-state index >= 15 is 4.79 Å². The first-order valence-corrected chi connectivity index (χ1v) is 19.2. The van der Waals surface area contributed by atoms with Gasteiger partial charge in [0.25, 0.3) is 11.8 Å². The van der Waals surface area contributed by atoms with E-state index in [9.17, 15) is 35.9 Å². The first kappa shape index (κ1) is 41.0. The van der Waals surface area contributed by atoms with Gasteiger partial charge in [-0.1, -0.05) is 50.1 Å². The number of halogens is 6. The van der Waals surface area contributed by atoms with Crippen molar-refractivity contribution in [1.82, 2.24) is 14.8 Å². The van der Waals surface area contributed by atoms with E-state index in [4.69, 9.17) is 9.47 Å². The summed E-state index contributed by atoms with van der Waals surface area (Å²) in [7, 11) is 0. The highest BCUT2D eigenvalue weighted by Gasteiger charge is 2.56. The second-order valence-corrected chi connectivity index (χ2v) is 14.8. The number of benzene rings is 1. The number of alkyl halides is 6. The lowest BCUT2D eigenvalue weighted by Gasteiger charge is -2.51. The summed E-state index contributed by atoms with van der Waals surface area (Å²) in [5.41, 5.74) is -3.19. The predicted molar refractivity (Wildman–Crippen MR) is 190 cm³/mol. The van der Waals surface area contributed by atoms with Crippen LogP contribution >= 0.6 is 11.3 Å². The summed E-state index contributed by atoms with van der Waals surface area (Å²) in [6, 6.07) is 11.4. The molecular formula is C39H45F6N3O5S. The normalized spacial score (nSPS) is 20.4. The van der Waals surface area contributed by atoms with E-state index in [-0.39, 0.29) is 56.0 Å². The summed E-state index contributed by atoms with van der Waals surface area (Å²) >= 11 is 0.406. The number of nitrogens with zero attached hydrogens (tertiary/aromatic N) is 3. The van der Waals surface area contributed by atoms with Gasteiger partial charge in [-0.2, -0.15) is 26.3 Å². The summed E-state index contributed by atoms with van der Waals surface area (Å²) in [6.07, 6.45) is -4.31. The molecular weight excluding hydrogens is 736 g/mol. The number of piperidine rings is 2. The molecule has 294 valence electrons. The van der Waals surface area contributed by atoms with E-state index in [0.29, 0.717) is 50.0 Å². The van der Waals surface area contributed by atoms with Crippen molar-refractivity contribution in [3.63, 3.8) is 0 Å². The summed E-state index contributed by atoms with van der Waals surface area (Å²) in [5.74, 6) is -2.03. The number of rotatable bonds is 13. The standard InChI is InChI=1S/C39H45F6N3O5S/c1-3-12-30-37(53-28-25-31(54-26-28)39(43,44)45,18-11-22-48(30)34(50)33-29(38(40,41)42)15-10-21-46-33)35(51)47-23-19-36(20-24-47,27-13-6-5-7-14-27)17-9-8-16-32(49)52-4-2/h5-7,10,13-15,21,25-26,30H,3-4,8-9,11-12,16-20,22-24H2,1-2H3/t30-,37+/m1/s1. The van der Waals surface area contributed by atoms with Crippen LogP contribution in [0.15, 0.2) is 60.1 Å². The highest BCUT2D eigenvalue weighted by atomic mass is 32.1. The lowest BCUT2D eigenvalue weighted by Crippen LogP contribution is -2.68. The molecule has 0 aliphatic carbocycles. The van der Waals surface area contributed by atoms with Crippen LogP contribution in [-0.4, -0.2) is 70.5 Å². The Labute approximate surface area is 314 Å². The molecule has 5 rings (SSSR count). The van der Waals surface area contributed by atoms with Gasteiger partial charge in [0.1, 0.15) is 16.3 Å². The van der Waals surface area contributed by atoms with Crippen LogP contribution < -0.4 is 4.74 Å². The van der Waals surface area contributed by atoms with Crippen LogP contribution in [0.5, 0.6) is 5.75 Å². The lowest BCUT2D eigenvalue weighted by atomic mass is 9.69. The minimum Gasteiger partial charge on any atom is -0.474 e. The van der Waals surface area contributed by atoms with E-state index in [1.807, 2.05) is 30.3 Å². The SMILES string of the molecule is CCC[C@H]1N(C(=O)c2ncccc2C(F)(F)F)CCC[C@@]1(Oc1csc(C(F)(F)F)c1)C(=O)N1CCC(CCCCC(=O)OCC)(c2ccccc2)CC1. The fraction of sp³-hybridized carbons (Fsp3) is 0.538. The number of thiophene rings is 1. The van der Waals surface area contributed by atoms with Crippen molar-refractivity contribution >= 4 is 29.1 Å². The number of aromatic nitrogens is 1. The van der Waals surface area contributed by atoms with Gasteiger partial charge in [-0.05, 0) is 68.6 Å². The van der Waals surface area contributed by atoms with Gasteiger partial charge in [-0.3, -0.25) is 19.4 Å². The van der Waals surface area contributed by atoms with Crippen molar-refractivity contribution in [2.45, 2.75) is 107 Å².